The molecule has 0 atom stereocenters. The smallest absolute Gasteiger partial charge is 0.0369 e. The Balaban J connectivity index is 1.53. The second kappa shape index (κ2) is 9.73. The lowest BCUT2D eigenvalue weighted by atomic mass is 9.92. The molecule has 0 N–H and O–H groups in total. The molecule has 2 nitrogen and oxygen atoms in total. The molecule has 0 bridgehead atoms. The van der Waals surface area contributed by atoms with Gasteiger partial charge in [-0.15, -0.1) is 0 Å². The summed E-state index contributed by atoms with van der Waals surface area (Å²) in [5, 5.41) is 0. The van der Waals surface area contributed by atoms with Crippen LogP contribution in [0.5, 0.6) is 0 Å². The molecule has 2 heterocycles. The molecule has 30 heavy (non-hydrogen) atoms. The Morgan fingerprint density at radius 2 is 0.967 bits per heavy atom. The van der Waals surface area contributed by atoms with Gasteiger partial charge in [0.2, 0.25) is 0 Å². The Morgan fingerprint density at radius 1 is 0.600 bits per heavy atom. The first-order chi connectivity index (χ1) is 14.6. The molecule has 160 valence electrons. The minimum atomic E-state index is 1.15. The molecule has 0 aliphatic carbocycles. The van der Waals surface area contributed by atoms with Gasteiger partial charge in [-0.2, -0.15) is 0 Å². The van der Waals surface area contributed by atoms with Gasteiger partial charge >= 0.3 is 0 Å². The van der Waals surface area contributed by atoms with Crippen molar-refractivity contribution in [1.82, 2.24) is 0 Å². The van der Waals surface area contributed by atoms with E-state index in [1.807, 2.05) is 0 Å². The van der Waals surface area contributed by atoms with Crippen molar-refractivity contribution in [3.63, 3.8) is 0 Å². The Labute approximate surface area is 183 Å². The van der Waals surface area contributed by atoms with Crippen molar-refractivity contribution in [2.75, 3.05) is 36.0 Å². The topological polar surface area (TPSA) is 6.48 Å². The molecule has 2 aromatic rings. The van der Waals surface area contributed by atoms with Gasteiger partial charge in [0.15, 0.2) is 0 Å². The standard InChI is InChI=1S/C28H38N2/c1-22-20-25(29-16-8-4-5-9-17-29)12-14-27(22)24(3)28-15-13-26(21-23(28)2)30-18-10-6-7-11-19-30/h12-15,20-21H,3-11,16-19H2,1-2H3. The van der Waals surface area contributed by atoms with Gasteiger partial charge in [0.1, 0.15) is 0 Å². The zero-order chi connectivity index (χ0) is 20.9. The van der Waals surface area contributed by atoms with E-state index in [1.165, 1.54) is 111 Å². The van der Waals surface area contributed by atoms with E-state index >= 15 is 0 Å². The summed E-state index contributed by atoms with van der Waals surface area (Å²) < 4.78 is 0. The van der Waals surface area contributed by atoms with E-state index in [2.05, 4.69) is 66.6 Å². The molecule has 2 heteroatoms. The molecule has 2 saturated heterocycles. The third-order valence-electron chi connectivity index (χ3n) is 7.01. The summed E-state index contributed by atoms with van der Waals surface area (Å²) in [6.07, 6.45) is 10.8. The zero-order valence-electron chi connectivity index (χ0n) is 19.1. The van der Waals surface area contributed by atoms with E-state index in [1.54, 1.807) is 0 Å². The second-order valence-electron chi connectivity index (χ2n) is 9.28. The van der Waals surface area contributed by atoms with Gasteiger partial charge in [-0.1, -0.05) is 44.4 Å². The van der Waals surface area contributed by atoms with Crippen molar-refractivity contribution in [1.29, 1.82) is 0 Å². The van der Waals surface area contributed by atoms with Crippen LogP contribution in [0.15, 0.2) is 43.0 Å². The van der Waals surface area contributed by atoms with E-state index in [0.29, 0.717) is 0 Å². The molecule has 0 radical (unpaired) electrons. The number of aryl methyl sites for hydroxylation is 2. The fourth-order valence-corrected chi connectivity index (χ4v) is 5.17. The van der Waals surface area contributed by atoms with E-state index in [0.717, 1.165) is 5.57 Å². The predicted molar refractivity (Wildman–Crippen MR) is 132 cm³/mol. The highest BCUT2D eigenvalue weighted by atomic mass is 15.1. The van der Waals surface area contributed by atoms with Crippen LogP contribution < -0.4 is 9.80 Å². The molecular weight excluding hydrogens is 364 g/mol. The van der Waals surface area contributed by atoms with Crippen molar-refractivity contribution < 1.29 is 0 Å². The average molecular weight is 403 g/mol. The highest BCUT2D eigenvalue weighted by molar-refractivity contribution is 5.83. The molecule has 0 amide bonds. The van der Waals surface area contributed by atoms with Crippen LogP contribution >= 0.6 is 0 Å². The number of rotatable bonds is 4. The highest BCUT2D eigenvalue weighted by Gasteiger charge is 2.15. The lowest BCUT2D eigenvalue weighted by molar-refractivity contribution is 0.726. The Kier molecular flexibility index (Phi) is 6.82. The van der Waals surface area contributed by atoms with Gasteiger partial charge in [-0.25, -0.2) is 0 Å². The molecule has 2 aromatic carbocycles. The van der Waals surface area contributed by atoms with E-state index in [-0.39, 0.29) is 0 Å². The molecule has 0 unspecified atom stereocenters. The van der Waals surface area contributed by atoms with Crippen LogP contribution in [0.3, 0.4) is 0 Å². The SMILES string of the molecule is C=C(c1ccc(N2CCCCCC2)cc1C)c1ccc(N2CCCCCC2)cc1C. The number of nitrogens with zero attached hydrogens (tertiary/aromatic N) is 2. The summed E-state index contributed by atoms with van der Waals surface area (Å²) in [6.45, 7) is 13.7. The Morgan fingerprint density at radius 3 is 1.30 bits per heavy atom. The largest absolute Gasteiger partial charge is 0.372 e. The van der Waals surface area contributed by atoms with Crippen molar-refractivity contribution >= 4 is 16.9 Å². The Hall–Kier alpha value is -2.22. The van der Waals surface area contributed by atoms with Gasteiger partial charge < -0.3 is 9.80 Å². The molecule has 2 aliphatic heterocycles. The summed E-state index contributed by atoms with van der Waals surface area (Å²) in [5.74, 6) is 0. The van der Waals surface area contributed by atoms with Gasteiger partial charge in [0, 0.05) is 37.6 Å². The van der Waals surface area contributed by atoms with Crippen LogP contribution in [-0.4, -0.2) is 26.2 Å². The number of hydrogen-bond acceptors (Lipinski definition) is 2. The van der Waals surface area contributed by atoms with Crippen LogP contribution in [0.1, 0.15) is 73.6 Å². The first-order valence-corrected chi connectivity index (χ1v) is 12.0. The summed E-state index contributed by atoms with van der Waals surface area (Å²) in [7, 11) is 0. The Bertz CT molecular complexity index is 795. The van der Waals surface area contributed by atoms with Gasteiger partial charge in [-0.05, 0) is 91.6 Å². The molecule has 2 fully saturated rings. The van der Waals surface area contributed by atoms with Crippen LogP contribution in [0, 0.1) is 13.8 Å². The highest BCUT2D eigenvalue weighted by Crippen LogP contribution is 2.32. The van der Waals surface area contributed by atoms with E-state index in [9.17, 15) is 0 Å². The van der Waals surface area contributed by atoms with E-state index < -0.39 is 0 Å². The summed E-state index contributed by atoms with van der Waals surface area (Å²) in [6, 6.07) is 13.9. The van der Waals surface area contributed by atoms with Crippen molar-refractivity contribution in [2.45, 2.75) is 65.2 Å². The molecule has 2 aliphatic rings. The van der Waals surface area contributed by atoms with Crippen LogP contribution in [0.25, 0.3) is 5.57 Å². The molecule has 0 aromatic heterocycles. The number of benzene rings is 2. The number of anilines is 2. The first kappa shape index (κ1) is 21.0. The maximum Gasteiger partial charge on any atom is 0.0369 e. The van der Waals surface area contributed by atoms with Crippen molar-refractivity contribution in [3.8, 4) is 0 Å². The second-order valence-corrected chi connectivity index (χ2v) is 9.28. The quantitative estimate of drug-likeness (QED) is 0.537. The van der Waals surface area contributed by atoms with Crippen LogP contribution in [0.4, 0.5) is 11.4 Å². The molecular formula is C28H38N2. The predicted octanol–water partition coefficient (Wildman–Crippen LogP) is 7.13. The fraction of sp³-hybridized carbons (Fsp3) is 0.500. The third kappa shape index (κ3) is 4.74. The zero-order valence-corrected chi connectivity index (χ0v) is 19.1. The third-order valence-corrected chi connectivity index (χ3v) is 7.01. The molecule has 0 saturated carbocycles. The van der Waals surface area contributed by atoms with Crippen LogP contribution in [0.2, 0.25) is 0 Å². The summed E-state index contributed by atoms with van der Waals surface area (Å²) in [5.41, 5.74) is 9.11. The maximum atomic E-state index is 4.50. The normalized spacial score (nSPS) is 18.1. The van der Waals surface area contributed by atoms with Gasteiger partial charge in [-0.3, -0.25) is 0 Å². The lowest BCUT2D eigenvalue weighted by Crippen LogP contribution is -2.24. The fourth-order valence-electron chi connectivity index (χ4n) is 5.17. The van der Waals surface area contributed by atoms with Gasteiger partial charge in [0.25, 0.3) is 0 Å². The minimum absolute atomic E-state index is 1.15. The molecule has 4 rings (SSSR count). The lowest BCUT2D eigenvalue weighted by Gasteiger charge is -2.25. The van der Waals surface area contributed by atoms with Gasteiger partial charge in [0.05, 0.1) is 0 Å². The minimum Gasteiger partial charge on any atom is -0.372 e. The average Bonchev–Trinajstić information content (AvgIpc) is 3.19. The molecule has 0 spiro atoms. The summed E-state index contributed by atoms with van der Waals surface area (Å²) in [4.78, 5) is 5.13. The van der Waals surface area contributed by atoms with E-state index in [4.69, 9.17) is 0 Å². The maximum absolute atomic E-state index is 4.50. The van der Waals surface area contributed by atoms with Crippen molar-refractivity contribution in [2.24, 2.45) is 0 Å². The van der Waals surface area contributed by atoms with Crippen molar-refractivity contribution in [3.05, 3.63) is 65.2 Å². The van der Waals surface area contributed by atoms with Crippen LogP contribution in [-0.2, 0) is 0 Å². The first-order valence-electron chi connectivity index (χ1n) is 12.0. The monoisotopic (exact) mass is 402 g/mol. The number of hydrogen-bond donors (Lipinski definition) is 0. The summed E-state index contributed by atoms with van der Waals surface area (Å²) >= 11 is 0.